The summed E-state index contributed by atoms with van der Waals surface area (Å²) in [6.45, 7) is 1.67. The number of benzene rings is 1. The molecule has 4 rings (SSSR count). The van der Waals surface area contributed by atoms with Crippen LogP contribution in [0.15, 0.2) is 34.1 Å². The number of nitrogens with one attached hydrogen (secondary N) is 1. The molecule has 0 aliphatic carbocycles. The van der Waals surface area contributed by atoms with Crippen LogP contribution in [0.4, 0.5) is 5.13 Å². The van der Waals surface area contributed by atoms with Gasteiger partial charge in [0.25, 0.3) is 5.56 Å². The Kier molecular flexibility index (Phi) is 4.34. The van der Waals surface area contributed by atoms with Crippen LogP contribution in [0.3, 0.4) is 0 Å². The van der Waals surface area contributed by atoms with Gasteiger partial charge in [0.2, 0.25) is 5.91 Å². The van der Waals surface area contributed by atoms with Gasteiger partial charge in [-0.3, -0.25) is 14.2 Å². The van der Waals surface area contributed by atoms with Gasteiger partial charge >= 0.3 is 5.69 Å². The van der Waals surface area contributed by atoms with E-state index in [-0.39, 0.29) is 11.2 Å². The SMILES string of the molecule is CCc1ccc2nc(NC(=O)Cn3c(=O)c4c(ncn4C)n(C)c3=O)sc2c1. The second-order valence-corrected chi connectivity index (χ2v) is 7.51. The molecule has 0 saturated heterocycles. The summed E-state index contributed by atoms with van der Waals surface area (Å²) in [4.78, 5) is 46.1. The van der Waals surface area contributed by atoms with Crippen LogP contribution in [-0.2, 0) is 31.9 Å². The van der Waals surface area contributed by atoms with Gasteiger partial charge in [0, 0.05) is 14.1 Å². The number of hydrogen-bond acceptors (Lipinski definition) is 6. The largest absolute Gasteiger partial charge is 0.332 e. The Morgan fingerprint density at radius 3 is 2.79 bits per heavy atom. The van der Waals surface area contributed by atoms with Crippen molar-refractivity contribution in [3.8, 4) is 0 Å². The van der Waals surface area contributed by atoms with E-state index in [1.54, 1.807) is 7.05 Å². The maximum Gasteiger partial charge on any atom is 0.332 e. The van der Waals surface area contributed by atoms with Crippen molar-refractivity contribution in [1.29, 1.82) is 0 Å². The molecule has 0 atom stereocenters. The summed E-state index contributed by atoms with van der Waals surface area (Å²) >= 11 is 1.36. The molecule has 0 saturated carbocycles. The van der Waals surface area contributed by atoms with Gasteiger partial charge in [-0.1, -0.05) is 24.3 Å². The van der Waals surface area contributed by atoms with Crippen molar-refractivity contribution < 1.29 is 4.79 Å². The van der Waals surface area contributed by atoms with Crippen molar-refractivity contribution in [3.63, 3.8) is 0 Å². The Hall–Kier alpha value is -3.27. The van der Waals surface area contributed by atoms with Gasteiger partial charge in [0.1, 0.15) is 6.54 Å². The molecule has 1 N–H and O–H groups in total. The first-order valence-electron chi connectivity index (χ1n) is 8.69. The van der Waals surface area contributed by atoms with Crippen molar-refractivity contribution >= 4 is 43.8 Å². The molecule has 3 heterocycles. The van der Waals surface area contributed by atoms with E-state index in [2.05, 4.69) is 22.2 Å². The minimum atomic E-state index is -0.594. The lowest BCUT2D eigenvalue weighted by Gasteiger charge is -2.08. The lowest BCUT2D eigenvalue weighted by molar-refractivity contribution is -0.116. The van der Waals surface area contributed by atoms with Crippen molar-refractivity contribution in [2.75, 3.05) is 5.32 Å². The molecule has 28 heavy (non-hydrogen) atoms. The highest BCUT2D eigenvalue weighted by Gasteiger charge is 2.17. The second kappa shape index (κ2) is 6.71. The topological polar surface area (TPSA) is 104 Å². The molecule has 9 nitrogen and oxygen atoms in total. The number of thiazole rings is 1. The molecular formula is C18H18N6O3S. The number of carbonyl (C=O) groups excluding carboxylic acids is 1. The molecule has 4 aromatic rings. The van der Waals surface area contributed by atoms with Crippen LogP contribution in [0, 0.1) is 0 Å². The molecule has 144 valence electrons. The predicted octanol–water partition coefficient (Wildman–Crippen LogP) is 1.24. The fourth-order valence-electron chi connectivity index (χ4n) is 3.08. The number of anilines is 1. The molecule has 0 bridgehead atoms. The third-order valence-corrected chi connectivity index (χ3v) is 5.54. The summed E-state index contributed by atoms with van der Waals surface area (Å²) in [6.07, 6.45) is 2.37. The summed E-state index contributed by atoms with van der Waals surface area (Å²) in [5.41, 5.74) is 1.39. The number of imidazole rings is 1. The van der Waals surface area contributed by atoms with Gasteiger partial charge in [0.05, 0.1) is 16.5 Å². The number of aryl methyl sites for hydroxylation is 3. The fraction of sp³-hybridized carbons (Fsp3) is 0.278. The summed E-state index contributed by atoms with van der Waals surface area (Å²) in [5, 5.41) is 3.12. The van der Waals surface area contributed by atoms with E-state index in [9.17, 15) is 14.4 Å². The Morgan fingerprint density at radius 2 is 2.04 bits per heavy atom. The minimum absolute atomic E-state index is 0.266. The molecule has 0 aliphatic rings. The molecule has 1 aromatic carbocycles. The summed E-state index contributed by atoms with van der Waals surface area (Å²) in [7, 11) is 3.18. The van der Waals surface area contributed by atoms with E-state index in [0.717, 1.165) is 21.2 Å². The van der Waals surface area contributed by atoms with Gasteiger partial charge in [-0.2, -0.15) is 0 Å². The quantitative estimate of drug-likeness (QED) is 0.557. The average Bonchev–Trinajstić information content (AvgIpc) is 3.25. The van der Waals surface area contributed by atoms with Crippen LogP contribution in [0.25, 0.3) is 21.4 Å². The summed E-state index contributed by atoms with van der Waals surface area (Å²) < 4.78 is 4.67. The third kappa shape index (κ3) is 2.91. The zero-order chi connectivity index (χ0) is 20.0. The Morgan fingerprint density at radius 1 is 1.25 bits per heavy atom. The van der Waals surface area contributed by atoms with Gasteiger partial charge in [0.15, 0.2) is 16.3 Å². The smallest absolute Gasteiger partial charge is 0.328 e. The number of fused-ring (bicyclic) bond motifs is 2. The maximum absolute atomic E-state index is 12.7. The Bertz CT molecular complexity index is 1340. The number of hydrogen-bond donors (Lipinski definition) is 1. The van der Waals surface area contributed by atoms with Crippen LogP contribution >= 0.6 is 11.3 Å². The number of carbonyl (C=O) groups is 1. The predicted molar refractivity (Wildman–Crippen MR) is 108 cm³/mol. The monoisotopic (exact) mass is 398 g/mol. The average molecular weight is 398 g/mol. The third-order valence-electron chi connectivity index (χ3n) is 4.61. The molecule has 0 radical (unpaired) electrons. The van der Waals surface area contributed by atoms with E-state index in [4.69, 9.17) is 0 Å². The first-order valence-corrected chi connectivity index (χ1v) is 9.51. The van der Waals surface area contributed by atoms with Crippen LogP contribution in [0.2, 0.25) is 0 Å². The van der Waals surface area contributed by atoms with Gasteiger partial charge in [-0.15, -0.1) is 0 Å². The highest BCUT2D eigenvalue weighted by atomic mass is 32.1. The van der Waals surface area contributed by atoms with Gasteiger partial charge in [-0.25, -0.2) is 19.3 Å². The molecule has 0 unspecified atom stereocenters. The zero-order valence-electron chi connectivity index (χ0n) is 15.6. The Labute approximate surface area is 162 Å². The number of nitrogens with zero attached hydrogens (tertiary/aromatic N) is 5. The van der Waals surface area contributed by atoms with Gasteiger partial charge in [-0.05, 0) is 24.1 Å². The summed E-state index contributed by atoms with van der Waals surface area (Å²) in [5.74, 6) is -0.490. The summed E-state index contributed by atoms with van der Waals surface area (Å²) in [6, 6.07) is 5.95. The van der Waals surface area contributed by atoms with Crippen molar-refractivity contribution in [3.05, 3.63) is 50.9 Å². The van der Waals surface area contributed by atoms with Crippen LogP contribution in [0.5, 0.6) is 0 Å². The minimum Gasteiger partial charge on any atom is -0.328 e. The normalized spacial score (nSPS) is 11.4. The van der Waals surface area contributed by atoms with Gasteiger partial charge < -0.3 is 9.88 Å². The molecule has 0 spiro atoms. The van der Waals surface area contributed by atoms with Crippen LogP contribution < -0.4 is 16.6 Å². The maximum atomic E-state index is 12.7. The standard InChI is InChI=1S/C18H18N6O3S/c1-4-10-5-6-11-12(7-10)28-17(20-11)21-13(25)8-24-16(26)14-15(19-9-22(14)2)23(3)18(24)27/h5-7,9H,4,8H2,1-3H3,(H,20,21,25). The van der Waals surface area contributed by atoms with E-state index in [0.29, 0.717) is 5.13 Å². The number of amides is 1. The van der Waals surface area contributed by atoms with Crippen molar-refractivity contribution in [1.82, 2.24) is 23.7 Å². The van der Waals surface area contributed by atoms with Crippen LogP contribution in [0.1, 0.15) is 12.5 Å². The lowest BCUT2D eigenvalue weighted by Crippen LogP contribution is -2.42. The van der Waals surface area contributed by atoms with Crippen molar-refractivity contribution in [2.24, 2.45) is 14.1 Å². The highest BCUT2D eigenvalue weighted by molar-refractivity contribution is 7.22. The van der Waals surface area contributed by atoms with E-state index >= 15 is 0 Å². The van der Waals surface area contributed by atoms with E-state index < -0.39 is 23.7 Å². The zero-order valence-corrected chi connectivity index (χ0v) is 16.4. The van der Waals surface area contributed by atoms with Crippen molar-refractivity contribution in [2.45, 2.75) is 19.9 Å². The second-order valence-electron chi connectivity index (χ2n) is 6.48. The first kappa shape index (κ1) is 18.1. The molecule has 3 aromatic heterocycles. The Balaban J connectivity index is 1.65. The lowest BCUT2D eigenvalue weighted by atomic mass is 10.2. The fourth-order valence-corrected chi connectivity index (χ4v) is 4.03. The first-order chi connectivity index (χ1) is 13.4. The molecular weight excluding hydrogens is 380 g/mol. The van der Waals surface area contributed by atoms with Crippen LogP contribution in [-0.4, -0.2) is 29.6 Å². The molecule has 1 amide bonds. The highest BCUT2D eigenvalue weighted by Crippen LogP contribution is 2.26. The molecule has 10 heteroatoms. The number of rotatable bonds is 4. The van der Waals surface area contributed by atoms with E-state index in [1.165, 1.54) is 39.4 Å². The van der Waals surface area contributed by atoms with E-state index in [1.807, 2.05) is 18.2 Å². The molecule has 0 aliphatic heterocycles. The number of aromatic nitrogens is 5. The molecule has 0 fully saturated rings.